The highest BCUT2D eigenvalue weighted by Gasteiger charge is 2.20. The predicted molar refractivity (Wildman–Crippen MR) is 98.1 cm³/mol. The number of nitrogens with zero attached hydrogens (tertiary/aromatic N) is 3. The number of aromatic nitrogens is 3. The third-order valence-electron chi connectivity index (χ3n) is 3.59. The largest absolute Gasteiger partial charge is 0.343 e. The Hall–Kier alpha value is -2.12. The van der Waals surface area contributed by atoms with E-state index in [-0.39, 0.29) is 11.9 Å². The topological polar surface area (TPSA) is 59.8 Å². The van der Waals surface area contributed by atoms with Crippen molar-refractivity contribution in [1.82, 2.24) is 19.9 Å². The van der Waals surface area contributed by atoms with Crippen LogP contribution in [0.5, 0.6) is 0 Å². The lowest BCUT2D eigenvalue weighted by Crippen LogP contribution is -2.28. The smallest absolute Gasteiger partial charge is 0.270 e. The van der Waals surface area contributed by atoms with Crippen LogP contribution >= 0.6 is 23.1 Å². The summed E-state index contributed by atoms with van der Waals surface area (Å²) in [7, 11) is 0. The van der Waals surface area contributed by atoms with Gasteiger partial charge in [0.15, 0.2) is 5.16 Å². The molecule has 1 aromatic carbocycles. The zero-order valence-electron chi connectivity index (χ0n) is 13.7. The maximum atomic E-state index is 12.8. The molecule has 5 nitrogen and oxygen atoms in total. The molecule has 0 aliphatic heterocycles. The molecule has 3 rings (SSSR count). The van der Waals surface area contributed by atoms with E-state index in [9.17, 15) is 4.79 Å². The second-order valence-corrected chi connectivity index (χ2v) is 7.12. The average molecular weight is 358 g/mol. The number of thiazole rings is 1. The molecule has 2 heterocycles. The molecule has 3 aromatic rings. The van der Waals surface area contributed by atoms with Crippen LogP contribution in [0.25, 0.3) is 5.69 Å². The van der Waals surface area contributed by atoms with E-state index < -0.39 is 0 Å². The first-order valence-corrected chi connectivity index (χ1v) is 9.60. The number of amides is 1. The molecule has 1 amide bonds. The highest BCUT2D eigenvalue weighted by atomic mass is 32.2. The molecule has 0 spiro atoms. The van der Waals surface area contributed by atoms with Gasteiger partial charge < -0.3 is 5.32 Å². The Labute approximate surface area is 149 Å². The SMILES string of the molecule is CSc1ncc(C(=O)NC(C)c2csc(C)n2)n1-c1ccccc1. The number of para-hydroxylation sites is 1. The van der Waals surface area contributed by atoms with E-state index in [1.54, 1.807) is 17.5 Å². The Morgan fingerprint density at radius 3 is 2.71 bits per heavy atom. The number of imidazole rings is 1. The Morgan fingerprint density at radius 2 is 2.08 bits per heavy atom. The number of benzene rings is 1. The van der Waals surface area contributed by atoms with Gasteiger partial charge in [-0.2, -0.15) is 0 Å². The van der Waals surface area contributed by atoms with Crippen molar-refractivity contribution in [3.8, 4) is 5.69 Å². The van der Waals surface area contributed by atoms with Gasteiger partial charge in [-0.05, 0) is 32.2 Å². The van der Waals surface area contributed by atoms with Gasteiger partial charge in [0.25, 0.3) is 5.91 Å². The minimum absolute atomic E-state index is 0.153. The zero-order valence-corrected chi connectivity index (χ0v) is 15.3. The van der Waals surface area contributed by atoms with Crippen molar-refractivity contribution < 1.29 is 4.79 Å². The fourth-order valence-electron chi connectivity index (χ4n) is 2.39. The maximum absolute atomic E-state index is 12.8. The third-order valence-corrected chi connectivity index (χ3v) is 5.03. The number of thioether (sulfide) groups is 1. The molecular weight excluding hydrogens is 340 g/mol. The monoisotopic (exact) mass is 358 g/mol. The summed E-state index contributed by atoms with van der Waals surface area (Å²) in [4.78, 5) is 21.6. The van der Waals surface area contributed by atoms with E-state index >= 15 is 0 Å². The number of hydrogen-bond acceptors (Lipinski definition) is 5. The van der Waals surface area contributed by atoms with Gasteiger partial charge in [-0.3, -0.25) is 9.36 Å². The van der Waals surface area contributed by atoms with E-state index in [1.165, 1.54) is 11.8 Å². The molecule has 0 aliphatic carbocycles. The standard InChI is InChI=1S/C17H18N4OS2/c1-11(14-10-24-12(2)20-14)19-16(22)15-9-18-17(23-3)21(15)13-7-5-4-6-8-13/h4-11H,1-3H3,(H,19,22). The molecule has 0 fully saturated rings. The summed E-state index contributed by atoms with van der Waals surface area (Å²) >= 11 is 3.09. The highest BCUT2D eigenvalue weighted by Crippen LogP contribution is 2.22. The molecule has 1 unspecified atom stereocenters. The van der Waals surface area contributed by atoms with Gasteiger partial charge in [0.1, 0.15) is 5.69 Å². The summed E-state index contributed by atoms with van der Waals surface area (Å²) in [6.45, 7) is 3.89. The molecule has 1 atom stereocenters. The van der Waals surface area contributed by atoms with Crippen LogP contribution < -0.4 is 5.32 Å². The Kier molecular flexibility index (Phi) is 5.01. The summed E-state index contributed by atoms with van der Waals surface area (Å²) in [6, 6.07) is 9.62. The van der Waals surface area contributed by atoms with E-state index in [0.717, 1.165) is 21.5 Å². The van der Waals surface area contributed by atoms with Gasteiger partial charge in [0, 0.05) is 11.1 Å². The van der Waals surface area contributed by atoms with E-state index in [0.29, 0.717) is 5.69 Å². The van der Waals surface area contributed by atoms with Crippen LogP contribution in [-0.4, -0.2) is 26.7 Å². The van der Waals surface area contributed by atoms with Crippen LogP contribution in [0.3, 0.4) is 0 Å². The average Bonchev–Trinajstić information content (AvgIpc) is 3.21. The van der Waals surface area contributed by atoms with Crippen molar-refractivity contribution in [2.24, 2.45) is 0 Å². The lowest BCUT2D eigenvalue weighted by atomic mass is 10.2. The molecule has 24 heavy (non-hydrogen) atoms. The lowest BCUT2D eigenvalue weighted by Gasteiger charge is -2.14. The van der Waals surface area contributed by atoms with Gasteiger partial charge in [-0.15, -0.1) is 11.3 Å². The summed E-state index contributed by atoms with van der Waals surface area (Å²) < 4.78 is 1.87. The highest BCUT2D eigenvalue weighted by molar-refractivity contribution is 7.98. The fourth-order valence-corrected chi connectivity index (χ4v) is 3.64. The van der Waals surface area contributed by atoms with Crippen molar-refractivity contribution in [3.63, 3.8) is 0 Å². The first-order chi connectivity index (χ1) is 11.6. The number of carbonyl (C=O) groups is 1. The molecule has 124 valence electrons. The normalized spacial score (nSPS) is 12.1. The van der Waals surface area contributed by atoms with Crippen molar-refractivity contribution in [2.45, 2.75) is 25.0 Å². The predicted octanol–water partition coefficient (Wildman–Crippen LogP) is 3.85. The van der Waals surface area contributed by atoms with Crippen molar-refractivity contribution in [1.29, 1.82) is 0 Å². The minimum Gasteiger partial charge on any atom is -0.343 e. The molecule has 0 bridgehead atoms. The fraction of sp³-hybridized carbons (Fsp3) is 0.235. The van der Waals surface area contributed by atoms with Gasteiger partial charge in [-0.1, -0.05) is 30.0 Å². The Balaban J connectivity index is 1.89. The van der Waals surface area contributed by atoms with Crippen LogP contribution in [0.15, 0.2) is 47.1 Å². The van der Waals surface area contributed by atoms with Crippen LogP contribution in [-0.2, 0) is 0 Å². The van der Waals surface area contributed by atoms with Crippen LogP contribution in [0, 0.1) is 6.92 Å². The van der Waals surface area contributed by atoms with Crippen molar-refractivity contribution >= 4 is 29.0 Å². The summed E-state index contributed by atoms with van der Waals surface area (Å²) in [6.07, 6.45) is 3.57. The maximum Gasteiger partial charge on any atom is 0.270 e. The van der Waals surface area contributed by atoms with Crippen molar-refractivity contribution in [3.05, 3.63) is 58.3 Å². The first kappa shape index (κ1) is 16.7. The van der Waals surface area contributed by atoms with E-state index in [4.69, 9.17) is 0 Å². The van der Waals surface area contributed by atoms with Gasteiger partial charge in [0.05, 0.1) is 22.9 Å². The Bertz CT molecular complexity index is 841. The number of rotatable bonds is 5. The van der Waals surface area contributed by atoms with Gasteiger partial charge >= 0.3 is 0 Å². The van der Waals surface area contributed by atoms with Gasteiger partial charge in [0.2, 0.25) is 0 Å². The quantitative estimate of drug-likeness (QED) is 0.704. The summed E-state index contributed by atoms with van der Waals surface area (Å²) in [5.74, 6) is -0.162. The summed E-state index contributed by atoms with van der Waals surface area (Å²) in [5, 5.41) is 6.75. The lowest BCUT2D eigenvalue weighted by molar-refractivity contribution is 0.0931. The minimum atomic E-state index is -0.162. The van der Waals surface area contributed by atoms with Crippen LogP contribution in [0.1, 0.15) is 34.2 Å². The molecule has 7 heteroatoms. The third kappa shape index (κ3) is 3.37. The van der Waals surface area contributed by atoms with Crippen LogP contribution in [0.4, 0.5) is 0 Å². The molecule has 0 aliphatic rings. The van der Waals surface area contributed by atoms with Gasteiger partial charge in [-0.25, -0.2) is 9.97 Å². The van der Waals surface area contributed by atoms with E-state index in [2.05, 4.69) is 15.3 Å². The molecule has 2 aromatic heterocycles. The van der Waals surface area contributed by atoms with E-state index in [1.807, 2.05) is 60.4 Å². The second-order valence-electron chi connectivity index (χ2n) is 5.29. The number of aryl methyl sites for hydroxylation is 1. The number of nitrogens with one attached hydrogen (secondary N) is 1. The molecule has 1 N–H and O–H groups in total. The first-order valence-electron chi connectivity index (χ1n) is 7.50. The molecule has 0 radical (unpaired) electrons. The number of hydrogen-bond donors (Lipinski definition) is 1. The second kappa shape index (κ2) is 7.19. The molecule has 0 saturated carbocycles. The molecular formula is C17H18N4OS2. The van der Waals surface area contributed by atoms with Crippen molar-refractivity contribution in [2.75, 3.05) is 6.26 Å². The summed E-state index contributed by atoms with van der Waals surface area (Å²) in [5.41, 5.74) is 2.31. The molecule has 0 saturated heterocycles. The Morgan fingerprint density at radius 1 is 1.33 bits per heavy atom. The van der Waals surface area contributed by atoms with Crippen LogP contribution in [0.2, 0.25) is 0 Å². The zero-order chi connectivity index (χ0) is 17.1. The number of carbonyl (C=O) groups excluding carboxylic acids is 1.